The molecule has 1 rings (SSSR count). The largest absolute Gasteiger partial charge is 0.265 e. The Hall–Kier alpha value is 0.160. The number of pyridine rings is 1. The Morgan fingerprint density at radius 3 is 2.00 bits per heavy atom. The van der Waals surface area contributed by atoms with Crippen LogP contribution in [-0.4, -0.2) is 4.98 Å². The van der Waals surface area contributed by atoms with Gasteiger partial charge >= 0.3 is 0 Å². The van der Waals surface area contributed by atoms with Crippen molar-refractivity contribution in [1.29, 1.82) is 0 Å². The van der Waals surface area contributed by atoms with Crippen molar-refractivity contribution in [2.75, 3.05) is 0 Å². The van der Waals surface area contributed by atoms with Crippen LogP contribution in [0.15, 0.2) is 24.5 Å². The van der Waals surface area contributed by atoms with E-state index in [-0.39, 0.29) is 24.8 Å². The number of hydrogen-bond donors (Lipinski definition) is 0. The zero-order valence-electron chi connectivity index (χ0n) is 5.36. The Balaban J connectivity index is 0. The van der Waals surface area contributed by atoms with Crippen molar-refractivity contribution in [3.63, 3.8) is 0 Å². The zero-order chi connectivity index (χ0) is 5.82. The Labute approximate surface area is 75.7 Å². The van der Waals surface area contributed by atoms with Gasteiger partial charge in [-0.15, -0.1) is 34.1 Å². The summed E-state index contributed by atoms with van der Waals surface area (Å²) in [5.41, 5.74) is 1.31. The number of aromatic nitrogens is 1. The molecule has 0 aliphatic heterocycles. The van der Waals surface area contributed by atoms with E-state index in [2.05, 4.69) is 14.2 Å². The third-order valence-corrected chi connectivity index (χ3v) is 1.46. The molecule has 0 N–H and O–H groups in total. The first-order valence-electron chi connectivity index (χ1n) is 2.52. The molecule has 0 spiro atoms. The molecular weight excluding hydrogens is 188 g/mol. The molecule has 0 fully saturated rings. The molecule has 0 aromatic carbocycles. The van der Waals surface area contributed by atoms with Gasteiger partial charge in [0.1, 0.15) is 0 Å². The van der Waals surface area contributed by atoms with Crippen LogP contribution in [-0.2, 0) is 6.16 Å². The van der Waals surface area contributed by atoms with Crippen LogP contribution in [0.25, 0.3) is 0 Å². The van der Waals surface area contributed by atoms with Crippen molar-refractivity contribution in [2.24, 2.45) is 0 Å². The molecule has 10 heavy (non-hydrogen) atoms. The van der Waals surface area contributed by atoms with Crippen molar-refractivity contribution in [3.05, 3.63) is 30.1 Å². The highest BCUT2D eigenvalue weighted by molar-refractivity contribution is 7.15. The first kappa shape index (κ1) is 12.8. The summed E-state index contributed by atoms with van der Waals surface area (Å²) in [6, 6.07) is 4.01. The Bertz CT molecular complexity index is 157. The van der Waals surface area contributed by atoms with Crippen LogP contribution in [0.4, 0.5) is 0 Å². The van der Waals surface area contributed by atoms with E-state index < -0.39 is 0 Å². The minimum Gasteiger partial charge on any atom is -0.265 e. The fourth-order valence-electron chi connectivity index (χ4n) is 0.519. The summed E-state index contributed by atoms with van der Waals surface area (Å²) in [5.74, 6) is 0. The monoisotopic (exact) mass is 197 g/mol. The van der Waals surface area contributed by atoms with Gasteiger partial charge in [-0.05, 0) is 23.9 Å². The van der Waals surface area contributed by atoms with E-state index in [0.29, 0.717) is 0 Å². The second-order valence-corrected chi connectivity index (χ2v) is 1.97. The quantitative estimate of drug-likeness (QED) is 0.631. The molecule has 4 heteroatoms. The van der Waals surface area contributed by atoms with Gasteiger partial charge in [-0.3, -0.25) is 4.98 Å². The molecule has 0 saturated carbocycles. The Morgan fingerprint density at radius 1 is 1.20 bits per heavy atom. The van der Waals surface area contributed by atoms with Crippen LogP contribution in [0.3, 0.4) is 0 Å². The summed E-state index contributed by atoms with van der Waals surface area (Å²) in [6.45, 7) is 0. The molecule has 0 aliphatic carbocycles. The molecule has 0 amide bonds. The Kier molecular flexibility index (Phi) is 9.31. The van der Waals surface area contributed by atoms with Crippen LogP contribution in [0.1, 0.15) is 5.56 Å². The van der Waals surface area contributed by atoms with E-state index in [1.165, 1.54) is 5.56 Å². The maximum atomic E-state index is 3.88. The molecule has 1 atom stereocenters. The molecular formula is C6H10Cl2NP. The van der Waals surface area contributed by atoms with Gasteiger partial charge < -0.3 is 0 Å². The van der Waals surface area contributed by atoms with Gasteiger partial charge in [0.25, 0.3) is 0 Å². The second kappa shape index (κ2) is 7.27. The standard InChI is InChI=1S/C6H8NP.2ClH/c8-5-6-1-3-7-4-2-6;;/h1-4H,5,8H2;2*1H. The summed E-state index contributed by atoms with van der Waals surface area (Å²) >= 11 is 0. The normalized spacial score (nSPS) is 7.30. The highest BCUT2D eigenvalue weighted by Gasteiger charge is 1.80. The van der Waals surface area contributed by atoms with Crippen LogP contribution >= 0.6 is 34.1 Å². The zero-order valence-corrected chi connectivity index (χ0v) is 8.15. The lowest BCUT2D eigenvalue weighted by atomic mass is 10.3. The lowest BCUT2D eigenvalue weighted by Gasteiger charge is -1.89. The van der Waals surface area contributed by atoms with Gasteiger partial charge in [-0.2, -0.15) is 0 Å². The third kappa shape index (κ3) is 4.05. The minimum absolute atomic E-state index is 0. The summed E-state index contributed by atoms with van der Waals surface area (Å²) in [7, 11) is 2.67. The van der Waals surface area contributed by atoms with Gasteiger partial charge in [0.2, 0.25) is 0 Å². The summed E-state index contributed by atoms with van der Waals surface area (Å²) in [4.78, 5) is 3.88. The first-order valence-corrected chi connectivity index (χ1v) is 3.34. The van der Waals surface area contributed by atoms with Crippen molar-refractivity contribution in [1.82, 2.24) is 4.98 Å². The van der Waals surface area contributed by atoms with Crippen LogP contribution in [0.2, 0.25) is 0 Å². The average molecular weight is 198 g/mol. The van der Waals surface area contributed by atoms with E-state index in [1.54, 1.807) is 12.4 Å². The molecule has 0 bridgehead atoms. The summed E-state index contributed by atoms with van der Waals surface area (Å²) < 4.78 is 0. The fourth-order valence-corrected chi connectivity index (χ4v) is 0.791. The van der Waals surface area contributed by atoms with Crippen LogP contribution < -0.4 is 0 Å². The average Bonchev–Trinajstić information content (AvgIpc) is 1.90. The maximum absolute atomic E-state index is 3.88. The predicted molar refractivity (Wildman–Crippen MR) is 52.1 cm³/mol. The Morgan fingerprint density at radius 2 is 1.70 bits per heavy atom. The van der Waals surface area contributed by atoms with Crippen LogP contribution in [0, 0.1) is 0 Å². The molecule has 1 nitrogen and oxygen atoms in total. The third-order valence-electron chi connectivity index (χ3n) is 0.985. The van der Waals surface area contributed by atoms with E-state index in [4.69, 9.17) is 0 Å². The van der Waals surface area contributed by atoms with Gasteiger partial charge in [-0.25, -0.2) is 0 Å². The molecule has 1 heterocycles. The van der Waals surface area contributed by atoms with Gasteiger partial charge in [0.05, 0.1) is 0 Å². The van der Waals surface area contributed by atoms with Crippen LogP contribution in [0.5, 0.6) is 0 Å². The summed E-state index contributed by atoms with van der Waals surface area (Å²) in [5, 5.41) is 0. The number of rotatable bonds is 1. The predicted octanol–water partition coefficient (Wildman–Crippen LogP) is 2.30. The molecule has 1 unspecified atom stereocenters. The maximum Gasteiger partial charge on any atom is 0.0270 e. The van der Waals surface area contributed by atoms with Crippen molar-refractivity contribution >= 4 is 34.1 Å². The smallest absolute Gasteiger partial charge is 0.0270 e. The van der Waals surface area contributed by atoms with Crippen molar-refractivity contribution in [2.45, 2.75) is 6.16 Å². The number of nitrogens with zero attached hydrogens (tertiary/aromatic N) is 1. The lowest BCUT2D eigenvalue weighted by Crippen LogP contribution is -1.74. The molecule has 58 valence electrons. The van der Waals surface area contributed by atoms with E-state index in [1.807, 2.05) is 12.1 Å². The second-order valence-electron chi connectivity index (χ2n) is 1.56. The lowest BCUT2D eigenvalue weighted by molar-refractivity contribution is 1.27. The topological polar surface area (TPSA) is 12.9 Å². The molecule has 1 aromatic rings. The highest BCUT2D eigenvalue weighted by Crippen LogP contribution is 2.00. The molecule has 0 aliphatic rings. The SMILES string of the molecule is Cl.Cl.PCc1ccncc1. The van der Waals surface area contributed by atoms with E-state index in [0.717, 1.165) is 6.16 Å². The van der Waals surface area contributed by atoms with Gasteiger partial charge in [0.15, 0.2) is 0 Å². The molecule has 1 aromatic heterocycles. The molecule has 0 radical (unpaired) electrons. The first-order chi connectivity index (χ1) is 3.93. The fraction of sp³-hybridized carbons (Fsp3) is 0.167. The van der Waals surface area contributed by atoms with Crippen molar-refractivity contribution in [3.8, 4) is 0 Å². The van der Waals surface area contributed by atoms with E-state index in [9.17, 15) is 0 Å². The highest BCUT2D eigenvalue weighted by atomic mass is 35.5. The van der Waals surface area contributed by atoms with Gasteiger partial charge in [0, 0.05) is 12.4 Å². The minimum atomic E-state index is 0. The molecule has 0 saturated heterocycles. The van der Waals surface area contributed by atoms with E-state index >= 15 is 0 Å². The van der Waals surface area contributed by atoms with Crippen molar-refractivity contribution < 1.29 is 0 Å². The summed E-state index contributed by atoms with van der Waals surface area (Å²) in [6.07, 6.45) is 4.63. The van der Waals surface area contributed by atoms with Gasteiger partial charge in [-0.1, -0.05) is 0 Å². The number of hydrogen-bond acceptors (Lipinski definition) is 1. The number of halogens is 2.